The Hall–Kier alpha value is -2.45. The quantitative estimate of drug-likeness (QED) is 0.669. The molecule has 1 amide bonds. The maximum atomic E-state index is 11.8. The monoisotopic (exact) mass is 398 g/mol. The minimum absolute atomic E-state index is 0.0567. The summed E-state index contributed by atoms with van der Waals surface area (Å²) in [6.45, 7) is 6.44. The maximum Gasteiger partial charge on any atom is 0.225 e. The molecule has 0 atom stereocenters. The van der Waals surface area contributed by atoms with Crippen molar-refractivity contribution in [1.29, 1.82) is 0 Å². The normalized spacial score (nSPS) is 15.1. The number of nitrogens with one attached hydrogen (secondary N) is 1. The Labute approximate surface area is 163 Å². The Kier molecular flexibility index (Phi) is 4.61. The van der Waals surface area contributed by atoms with E-state index in [1.54, 1.807) is 17.5 Å². The van der Waals surface area contributed by atoms with E-state index in [2.05, 4.69) is 40.2 Å². The van der Waals surface area contributed by atoms with Crippen LogP contribution < -0.4 is 10.1 Å². The summed E-state index contributed by atoms with van der Waals surface area (Å²) in [6.07, 6.45) is 3.84. The van der Waals surface area contributed by atoms with Crippen molar-refractivity contribution in [2.45, 2.75) is 32.6 Å². The Bertz CT molecular complexity index is 982. The van der Waals surface area contributed by atoms with Crippen molar-refractivity contribution in [3.63, 3.8) is 0 Å². The van der Waals surface area contributed by atoms with E-state index in [1.165, 1.54) is 0 Å². The predicted octanol–water partition coefficient (Wildman–Crippen LogP) is 4.20. The van der Waals surface area contributed by atoms with E-state index in [0.717, 1.165) is 40.7 Å². The number of carbonyl (C=O) groups is 1. The second kappa shape index (κ2) is 6.93. The van der Waals surface area contributed by atoms with Crippen LogP contribution in [0.2, 0.25) is 13.1 Å². The molecule has 140 valence electrons. The van der Waals surface area contributed by atoms with E-state index in [-0.39, 0.29) is 5.91 Å². The van der Waals surface area contributed by atoms with Crippen LogP contribution in [0.15, 0.2) is 35.2 Å². The minimum atomic E-state index is -1.46. The molecule has 0 unspecified atom stereocenters. The summed E-state index contributed by atoms with van der Waals surface area (Å²) in [6, 6.07) is 5.91. The Morgan fingerprint density at radius 3 is 2.96 bits per heavy atom. The zero-order chi connectivity index (χ0) is 19.0. The van der Waals surface area contributed by atoms with Crippen LogP contribution in [0.25, 0.3) is 22.4 Å². The van der Waals surface area contributed by atoms with Gasteiger partial charge in [0, 0.05) is 29.7 Å². The first-order chi connectivity index (χ1) is 13.0. The molecular weight excluding hydrogens is 376 g/mol. The third kappa shape index (κ3) is 3.54. The smallest absolute Gasteiger partial charge is 0.225 e. The van der Waals surface area contributed by atoms with E-state index in [1.807, 2.05) is 23.7 Å². The zero-order valence-corrected chi connectivity index (χ0v) is 17.5. The number of aromatic nitrogens is 3. The number of nitrogens with zero attached hydrogens (tertiary/aromatic N) is 3. The van der Waals surface area contributed by atoms with Gasteiger partial charge >= 0.3 is 0 Å². The van der Waals surface area contributed by atoms with Crippen molar-refractivity contribution in [3.8, 4) is 28.3 Å². The van der Waals surface area contributed by atoms with E-state index in [4.69, 9.17) is 9.84 Å². The second-order valence-corrected chi connectivity index (χ2v) is 13.2. The van der Waals surface area contributed by atoms with Crippen molar-refractivity contribution in [1.82, 2.24) is 14.8 Å². The van der Waals surface area contributed by atoms with Gasteiger partial charge in [-0.2, -0.15) is 16.4 Å². The summed E-state index contributed by atoms with van der Waals surface area (Å²) >= 11 is 1.65. The van der Waals surface area contributed by atoms with Gasteiger partial charge in [-0.3, -0.25) is 4.79 Å². The van der Waals surface area contributed by atoms with Crippen molar-refractivity contribution in [2.24, 2.45) is 0 Å². The van der Waals surface area contributed by atoms with Crippen LogP contribution >= 0.6 is 11.3 Å². The maximum absolute atomic E-state index is 11.8. The summed E-state index contributed by atoms with van der Waals surface area (Å²) in [4.78, 5) is 16.0. The fraction of sp³-hybridized carbons (Fsp3) is 0.316. The molecule has 0 fully saturated rings. The number of fused-ring (bicyclic) bond motifs is 1. The number of hydrogen-bond donors (Lipinski definition) is 1. The highest BCUT2D eigenvalue weighted by molar-refractivity contribution is 7.08. The standard InChI is InChI=1S/C19H22N4O2SSi/c1-4-16(24)21-15-9-13(5-7-20-15)17-18(14-6-8-26-10-14)22-23-11-27(2,3)12-25-19(17)23/h5-10H,4,11-12H2,1-3H3,(H,20,21,24). The molecule has 3 aromatic heterocycles. The average Bonchev–Trinajstić information content (AvgIpc) is 3.28. The molecule has 0 saturated heterocycles. The van der Waals surface area contributed by atoms with Gasteiger partial charge in [0.25, 0.3) is 0 Å². The third-order valence-electron chi connectivity index (χ3n) is 4.52. The lowest BCUT2D eigenvalue weighted by atomic mass is 10.0. The molecule has 1 N–H and O–H groups in total. The molecule has 0 aromatic carbocycles. The van der Waals surface area contributed by atoms with Crippen molar-refractivity contribution in [3.05, 3.63) is 35.2 Å². The number of rotatable bonds is 4. The lowest BCUT2D eigenvalue weighted by Crippen LogP contribution is -2.44. The largest absolute Gasteiger partial charge is 0.481 e. The zero-order valence-electron chi connectivity index (χ0n) is 15.7. The summed E-state index contributed by atoms with van der Waals surface area (Å²) < 4.78 is 8.22. The predicted molar refractivity (Wildman–Crippen MR) is 111 cm³/mol. The van der Waals surface area contributed by atoms with E-state index < -0.39 is 8.07 Å². The van der Waals surface area contributed by atoms with Gasteiger partial charge in [0.1, 0.15) is 19.6 Å². The molecule has 6 nitrogen and oxygen atoms in total. The summed E-state index contributed by atoms with van der Waals surface area (Å²) in [5.74, 6) is 1.29. The van der Waals surface area contributed by atoms with Gasteiger partial charge in [0.05, 0.1) is 11.8 Å². The van der Waals surface area contributed by atoms with Crippen LogP contribution in [0.1, 0.15) is 13.3 Å². The molecule has 27 heavy (non-hydrogen) atoms. The lowest BCUT2D eigenvalue weighted by molar-refractivity contribution is -0.115. The molecule has 3 aromatic rings. The molecule has 1 aliphatic heterocycles. The van der Waals surface area contributed by atoms with Gasteiger partial charge in [-0.1, -0.05) is 20.0 Å². The van der Waals surface area contributed by atoms with Crippen LogP contribution in [0.5, 0.6) is 5.88 Å². The molecule has 4 heterocycles. The highest BCUT2D eigenvalue weighted by atomic mass is 32.1. The van der Waals surface area contributed by atoms with Gasteiger partial charge in [-0.15, -0.1) is 0 Å². The Morgan fingerprint density at radius 2 is 2.22 bits per heavy atom. The van der Waals surface area contributed by atoms with Crippen LogP contribution in [-0.2, 0) is 11.0 Å². The first kappa shape index (κ1) is 17.9. The highest BCUT2D eigenvalue weighted by Gasteiger charge is 2.34. The first-order valence-corrected chi connectivity index (χ1v) is 13.3. The number of thiophene rings is 1. The first-order valence-electron chi connectivity index (χ1n) is 8.99. The number of hydrogen-bond acceptors (Lipinski definition) is 5. The van der Waals surface area contributed by atoms with E-state index >= 15 is 0 Å². The van der Waals surface area contributed by atoms with Crippen LogP contribution in [0, 0.1) is 0 Å². The van der Waals surface area contributed by atoms with Crippen LogP contribution in [0.3, 0.4) is 0 Å². The number of pyridine rings is 1. The highest BCUT2D eigenvalue weighted by Crippen LogP contribution is 2.42. The fourth-order valence-electron chi connectivity index (χ4n) is 3.16. The summed E-state index contributed by atoms with van der Waals surface area (Å²) in [7, 11) is -1.46. The van der Waals surface area contributed by atoms with Crippen molar-refractivity contribution in [2.75, 3.05) is 11.5 Å². The topological polar surface area (TPSA) is 69.0 Å². The molecule has 0 radical (unpaired) electrons. The average molecular weight is 399 g/mol. The van der Waals surface area contributed by atoms with Crippen LogP contribution in [0.4, 0.5) is 5.82 Å². The SMILES string of the molecule is CCC(=O)Nc1cc(-c2c(-c3ccsc3)nn3c2OC[Si](C)(C)C3)ccn1. The third-order valence-corrected chi connectivity index (χ3v) is 7.28. The van der Waals surface area contributed by atoms with Crippen molar-refractivity contribution >= 4 is 31.1 Å². The van der Waals surface area contributed by atoms with Crippen LogP contribution in [-0.4, -0.2) is 35.0 Å². The molecule has 8 heteroatoms. The number of anilines is 1. The molecule has 1 aliphatic rings. The Balaban J connectivity index is 1.84. The van der Waals surface area contributed by atoms with E-state index in [9.17, 15) is 4.79 Å². The molecule has 0 saturated carbocycles. The number of ether oxygens (including phenoxy) is 1. The minimum Gasteiger partial charge on any atom is -0.481 e. The molecule has 0 spiro atoms. The van der Waals surface area contributed by atoms with Gasteiger partial charge in [-0.25, -0.2) is 9.67 Å². The lowest BCUT2D eigenvalue weighted by Gasteiger charge is -2.28. The van der Waals surface area contributed by atoms with Crippen molar-refractivity contribution < 1.29 is 9.53 Å². The fourth-order valence-corrected chi connectivity index (χ4v) is 5.45. The molecular formula is C19H22N4O2SSi. The summed E-state index contributed by atoms with van der Waals surface area (Å²) in [5.41, 5.74) is 3.90. The van der Waals surface area contributed by atoms with Gasteiger partial charge in [-0.05, 0) is 29.1 Å². The molecule has 4 rings (SSSR count). The number of amides is 1. The second-order valence-electron chi connectivity index (χ2n) is 7.48. The summed E-state index contributed by atoms with van der Waals surface area (Å²) in [5, 5.41) is 11.9. The Morgan fingerprint density at radius 1 is 1.37 bits per heavy atom. The van der Waals surface area contributed by atoms with Gasteiger partial charge < -0.3 is 10.1 Å². The molecule has 0 aliphatic carbocycles. The number of carbonyl (C=O) groups excluding carboxylic acids is 1. The van der Waals surface area contributed by atoms with Gasteiger partial charge in [0.15, 0.2) is 0 Å². The van der Waals surface area contributed by atoms with E-state index in [0.29, 0.717) is 12.2 Å². The van der Waals surface area contributed by atoms with Gasteiger partial charge in [0.2, 0.25) is 11.8 Å². The molecule has 0 bridgehead atoms.